The molecule has 1 amide bonds. The molecular weight excluding hydrogens is 533 g/mol. The largest absolute Gasteiger partial charge is 0.462 e. The first kappa shape index (κ1) is 28.4. The van der Waals surface area contributed by atoms with Crippen LogP contribution >= 0.6 is 0 Å². The van der Waals surface area contributed by atoms with Crippen molar-refractivity contribution in [1.29, 1.82) is 5.26 Å². The maximum atomic E-state index is 14.0. The number of halogens is 1. The Morgan fingerprint density at radius 3 is 2.83 bits per heavy atom. The smallest absolute Gasteiger partial charge is 0.318 e. The highest BCUT2D eigenvalue weighted by Gasteiger charge is 2.35. The van der Waals surface area contributed by atoms with Gasteiger partial charge in [-0.05, 0) is 82.0 Å². The van der Waals surface area contributed by atoms with Crippen LogP contribution in [0, 0.1) is 17.1 Å². The molecule has 3 aliphatic heterocycles. The zero-order valence-corrected chi connectivity index (χ0v) is 24.5. The van der Waals surface area contributed by atoms with Crippen LogP contribution < -0.4 is 14.5 Å². The van der Waals surface area contributed by atoms with Crippen molar-refractivity contribution in [2.75, 3.05) is 56.2 Å². The topological polar surface area (TPSA) is 88.8 Å². The Hall–Kier alpha value is -3.71. The van der Waals surface area contributed by atoms with Crippen LogP contribution in [0.1, 0.15) is 48.9 Å². The lowest BCUT2D eigenvalue weighted by atomic mass is 9.88. The average molecular weight is 574 g/mol. The van der Waals surface area contributed by atoms with E-state index in [-0.39, 0.29) is 30.2 Å². The number of aromatic nitrogens is 2. The van der Waals surface area contributed by atoms with E-state index in [1.165, 1.54) is 6.08 Å². The van der Waals surface area contributed by atoms with Crippen molar-refractivity contribution in [2.24, 2.45) is 0 Å². The SMILES string of the molecule is C=CC(=O)N1CCN(c2nc(OCC3CCCN3C)nc3c2CCC(N2CCCc4cc(F)ccc42)C3)C[C@@H]1CC#N. The number of amides is 1. The monoisotopic (exact) mass is 573 g/mol. The quantitative estimate of drug-likeness (QED) is 0.465. The number of ether oxygens (including phenoxy) is 1. The van der Waals surface area contributed by atoms with Crippen molar-refractivity contribution in [3.8, 4) is 12.1 Å². The molecule has 0 saturated carbocycles. The van der Waals surface area contributed by atoms with Crippen molar-refractivity contribution in [3.63, 3.8) is 0 Å². The maximum Gasteiger partial charge on any atom is 0.318 e. The van der Waals surface area contributed by atoms with E-state index < -0.39 is 0 Å². The molecule has 0 bridgehead atoms. The van der Waals surface area contributed by atoms with Crippen molar-refractivity contribution in [2.45, 2.75) is 69.5 Å². The molecule has 2 unspecified atom stereocenters. The summed E-state index contributed by atoms with van der Waals surface area (Å²) in [4.78, 5) is 31.2. The van der Waals surface area contributed by atoms with Crippen molar-refractivity contribution in [1.82, 2.24) is 19.8 Å². The van der Waals surface area contributed by atoms with Crippen LogP contribution in [0.3, 0.4) is 0 Å². The van der Waals surface area contributed by atoms with Crippen molar-refractivity contribution < 1.29 is 13.9 Å². The third kappa shape index (κ3) is 5.67. The van der Waals surface area contributed by atoms with Gasteiger partial charge in [-0.2, -0.15) is 15.2 Å². The number of fused-ring (bicyclic) bond motifs is 2. The number of anilines is 2. The Kier molecular flexibility index (Phi) is 8.29. The molecule has 42 heavy (non-hydrogen) atoms. The molecule has 0 N–H and O–H groups in total. The van der Waals surface area contributed by atoms with Gasteiger partial charge in [-0.15, -0.1) is 0 Å². The summed E-state index contributed by atoms with van der Waals surface area (Å²) < 4.78 is 20.3. The van der Waals surface area contributed by atoms with Gasteiger partial charge in [-0.3, -0.25) is 4.79 Å². The van der Waals surface area contributed by atoms with E-state index in [9.17, 15) is 14.4 Å². The van der Waals surface area contributed by atoms with Crippen molar-refractivity contribution >= 4 is 17.4 Å². The molecule has 3 atom stereocenters. The van der Waals surface area contributed by atoms with Gasteiger partial charge in [0.1, 0.15) is 18.2 Å². The summed E-state index contributed by atoms with van der Waals surface area (Å²) in [5.41, 5.74) is 4.35. The molecule has 222 valence electrons. The summed E-state index contributed by atoms with van der Waals surface area (Å²) >= 11 is 0. The normalized spacial score (nSPS) is 24.1. The number of piperazine rings is 1. The summed E-state index contributed by atoms with van der Waals surface area (Å²) in [5, 5.41) is 9.51. The minimum Gasteiger partial charge on any atom is -0.462 e. The minimum atomic E-state index is -0.238. The lowest BCUT2D eigenvalue weighted by molar-refractivity contribution is -0.128. The van der Waals surface area contributed by atoms with Gasteiger partial charge in [0.2, 0.25) is 5.91 Å². The summed E-state index contributed by atoms with van der Waals surface area (Å²) in [6, 6.07) is 8.19. The fourth-order valence-electron chi connectivity index (χ4n) is 7.22. The number of aryl methyl sites for hydroxylation is 1. The molecule has 4 aliphatic rings. The number of hydrogen-bond donors (Lipinski definition) is 0. The van der Waals surface area contributed by atoms with Gasteiger partial charge in [0.25, 0.3) is 0 Å². The molecule has 6 rings (SSSR count). The molecule has 2 fully saturated rings. The molecule has 1 aliphatic carbocycles. The van der Waals surface area contributed by atoms with Crippen LogP contribution in [-0.4, -0.2) is 90.2 Å². The third-order valence-corrected chi connectivity index (χ3v) is 9.49. The number of likely N-dealkylation sites (N-methyl/N-ethyl adjacent to an activating group) is 1. The number of nitrogens with zero attached hydrogens (tertiary/aromatic N) is 7. The van der Waals surface area contributed by atoms with E-state index in [1.54, 1.807) is 17.0 Å². The molecule has 10 heteroatoms. The number of benzene rings is 1. The second kappa shape index (κ2) is 12.3. The van der Waals surface area contributed by atoms with E-state index in [1.807, 2.05) is 6.07 Å². The third-order valence-electron chi connectivity index (χ3n) is 9.49. The first-order chi connectivity index (χ1) is 20.4. The van der Waals surface area contributed by atoms with Gasteiger partial charge >= 0.3 is 6.01 Å². The molecule has 4 heterocycles. The van der Waals surface area contributed by atoms with Gasteiger partial charge in [0.15, 0.2) is 0 Å². The standard InChI is InChI=1S/C32H40FN7O2/c1-3-30(41)40-17-16-38(20-25(40)12-13-34)31-27-10-9-24(39-15-4-6-22-18-23(33)8-11-29(22)39)19-28(27)35-32(36-31)42-21-26-7-5-14-37(26)2/h3,8,11,18,24-26H,1,4-7,9-10,12,14-17,19-21H2,2H3/t24?,25-,26?/m0/s1. The van der Waals surface area contributed by atoms with E-state index >= 15 is 0 Å². The molecule has 1 aromatic heterocycles. The van der Waals surface area contributed by atoms with Crippen LogP contribution in [0.15, 0.2) is 30.9 Å². The highest BCUT2D eigenvalue weighted by molar-refractivity contribution is 5.87. The Labute approximate surface area is 247 Å². The molecule has 2 aromatic rings. The number of carbonyl (C=O) groups is 1. The second-order valence-corrected chi connectivity index (χ2v) is 12.0. The molecule has 0 radical (unpaired) electrons. The Balaban J connectivity index is 1.30. The van der Waals surface area contributed by atoms with E-state index in [2.05, 4.69) is 34.4 Å². The molecule has 9 nitrogen and oxygen atoms in total. The van der Waals surface area contributed by atoms with Crippen molar-refractivity contribution in [3.05, 3.63) is 53.5 Å². The molecule has 0 spiro atoms. The first-order valence-corrected chi connectivity index (χ1v) is 15.3. The predicted molar refractivity (Wildman–Crippen MR) is 159 cm³/mol. The van der Waals surface area contributed by atoms with Crippen LogP contribution in [0.2, 0.25) is 0 Å². The minimum absolute atomic E-state index is 0.145. The Morgan fingerprint density at radius 2 is 2.05 bits per heavy atom. The Bertz CT molecular complexity index is 1380. The van der Waals surface area contributed by atoms with Gasteiger partial charge in [-0.25, -0.2) is 4.39 Å². The van der Waals surface area contributed by atoms with Crippen LogP contribution in [-0.2, 0) is 24.1 Å². The van der Waals surface area contributed by atoms with E-state index in [4.69, 9.17) is 14.7 Å². The first-order valence-electron chi connectivity index (χ1n) is 15.3. The zero-order valence-electron chi connectivity index (χ0n) is 24.5. The summed E-state index contributed by atoms with van der Waals surface area (Å²) in [6.45, 7) is 7.85. The van der Waals surface area contributed by atoms with Crippen LogP contribution in [0.4, 0.5) is 15.9 Å². The number of likely N-dealkylation sites (tertiary alicyclic amines) is 1. The van der Waals surface area contributed by atoms with Gasteiger partial charge in [0.05, 0.1) is 24.2 Å². The number of rotatable bonds is 7. The molecule has 1 aromatic carbocycles. The van der Waals surface area contributed by atoms with E-state index in [0.717, 1.165) is 86.4 Å². The lowest BCUT2D eigenvalue weighted by Crippen LogP contribution is -2.55. The highest BCUT2D eigenvalue weighted by Crippen LogP contribution is 2.37. The molecular formula is C32H40FN7O2. The maximum absolute atomic E-state index is 14.0. The number of carbonyl (C=O) groups excluding carboxylic acids is 1. The molecule has 2 saturated heterocycles. The summed E-state index contributed by atoms with van der Waals surface area (Å²) in [7, 11) is 2.13. The number of nitriles is 1. The predicted octanol–water partition coefficient (Wildman–Crippen LogP) is 3.52. The lowest BCUT2D eigenvalue weighted by Gasteiger charge is -2.43. The average Bonchev–Trinajstić information content (AvgIpc) is 3.42. The van der Waals surface area contributed by atoms with Crippen LogP contribution in [0.5, 0.6) is 6.01 Å². The van der Waals surface area contributed by atoms with Gasteiger partial charge in [0, 0.05) is 55.9 Å². The van der Waals surface area contributed by atoms with Gasteiger partial charge in [-0.1, -0.05) is 6.58 Å². The zero-order chi connectivity index (χ0) is 29.2. The highest BCUT2D eigenvalue weighted by atomic mass is 19.1. The second-order valence-electron chi connectivity index (χ2n) is 12.0. The van der Waals surface area contributed by atoms with E-state index in [0.29, 0.717) is 38.3 Å². The summed E-state index contributed by atoms with van der Waals surface area (Å²) in [5.74, 6) is 0.540. The summed E-state index contributed by atoms with van der Waals surface area (Å²) in [6.07, 6.45) is 8.27. The van der Waals surface area contributed by atoms with Gasteiger partial charge < -0.3 is 24.3 Å². The fraction of sp³-hybridized carbons (Fsp3) is 0.562. The van der Waals surface area contributed by atoms with Crippen LogP contribution in [0.25, 0.3) is 0 Å². The Morgan fingerprint density at radius 1 is 1.17 bits per heavy atom. The fourth-order valence-corrected chi connectivity index (χ4v) is 7.22. The number of hydrogen-bond acceptors (Lipinski definition) is 8.